The van der Waals surface area contributed by atoms with Crippen molar-refractivity contribution in [3.05, 3.63) is 0 Å². The van der Waals surface area contributed by atoms with E-state index in [-0.39, 0.29) is 0 Å². The minimum absolute atomic E-state index is 0.608. The molecular weight excluding hydrogens is 214 g/mol. The van der Waals surface area contributed by atoms with E-state index in [9.17, 15) is 9.90 Å². The van der Waals surface area contributed by atoms with E-state index >= 15 is 0 Å². The molecule has 100 valence electrons. The van der Waals surface area contributed by atoms with Crippen LogP contribution in [-0.2, 0) is 4.79 Å². The molecule has 1 aliphatic heterocycles. The van der Waals surface area contributed by atoms with Crippen LogP contribution >= 0.6 is 0 Å². The van der Waals surface area contributed by atoms with Crippen molar-refractivity contribution in [3.63, 3.8) is 0 Å². The van der Waals surface area contributed by atoms with Gasteiger partial charge in [0, 0.05) is 0 Å². The van der Waals surface area contributed by atoms with Gasteiger partial charge in [-0.3, -0.25) is 9.69 Å². The number of piperidine rings is 1. The van der Waals surface area contributed by atoms with Gasteiger partial charge in [-0.05, 0) is 45.7 Å². The summed E-state index contributed by atoms with van der Waals surface area (Å²) in [6.45, 7) is 6.01. The SMILES string of the molecule is CCCCCCCN1CCCCC1(C)C(=O)O. The first-order valence-corrected chi connectivity index (χ1v) is 7.09. The summed E-state index contributed by atoms with van der Waals surface area (Å²) in [4.78, 5) is 13.6. The molecule has 0 aromatic heterocycles. The summed E-state index contributed by atoms with van der Waals surface area (Å²) in [5, 5.41) is 9.37. The number of carboxylic acid groups (broad SMARTS) is 1. The first kappa shape index (κ1) is 14.5. The second-order valence-electron chi connectivity index (χ2n) is 5.44. The molecule has 0 amide bonds. The summed E-state index contributed by atoms with van der Waals surface area (Å²) in [5.41, 5.74) is -0.608. The predicted molar refractivity (Wildman–Crippen MR) is 70.2 cm³/mol. The highest BCUT2D eigenvalue weighted by molar-refractivity contribution is 5.78. The van der Waals surface area contributed by atoms with E-state index in [1.807, 2.05) is 6.92 Å². The molecule has 0 spiro atoms. The van der Waals surface area contributed by atoms with E-state index in [1.54, 1.807) is 0 Å². The molecule has 0 bridgehead atoms. The first-order chi connectivity index (χ1) is 8.11. The summed E-state index contributed by atoms with van der Waals surface area (Å²) >= 11 is 0. The van der Waals surface area contributed by atoms with E-state index in [0.717, 1.165) is 38.8 Å². The van der Waals surface area contributed by atoms with Crippen molar-refractivity contribution in [3.8, 4) is 0 Å². The number of aliphatic carboxylic acids is 1. The Morgan fingerprint density at radius 3 is 2.59 bits per heavy atom. The maximum atomic E-state index is 11.4. The van der Waals surface area contributed by atoms with Gasteiger partial charge in [0.1, 0.15) is 5.54 Å². The number of nitrogens with zero attached hydrogens (tertiary/aromatic N) is 1. The van der Waals surface area contributed by atoms with Gasteiger partial charge in [0.25, 0.3) is 0 Å². The molecule has 0 aromatic carbocycles. The quantitative estimate of drug-likeness (QED) is 0.695. The van der Waals surface area contributed by atoms with Crippen molar-refractivity contribution in [1.82, 2.24) is 4.90 Å². The standard InChI is InChI=1S/C14H27NO2/c1-3-4-5-6-8-11-15-12-9-7-10-14(15,2)13(16)17/h3-12H2,1-2H3,(H,16,17). The third kappa shape index (κ3) is 3.98. The van der Waals surface area contributed by atoms with Crippen LogP contribution in [0.5, 0.6) is 0 Å². The summed E-state index contributed by atoms with van der Waals surface area (Å²) < 4.78 is 0. The van der Waals surface area contributed by atoms with E-state index in [2.05, 4.69) is 11.8 Å². The number of likely N-dealkylation sites (tertiary alicyclic amines) is 1. The number of unbranched alkanes of at least 4 members (excludes halogenated alkanes) is 4. The molecule has 0 radical (unpaired) electrons. The molecule has 1 N–H and O–H groups in total. The molecular formula is C14H27NO2. The third-order valence-electron chi connectivity index (χ3n) is 4.03. The van der Waals surface area contributed by atoms with Crippen LogP contribution in [-0.4, -0.2) is 34.6 Å². The largest absolute Gasteiger partial charge is 0.480 e. The Labute approximate surface area is 105 Å². The highest BCUT2D eigenvalue weighted by Crippen LogP contribution is 2.28. The molecule has 3 heteroatoms. The highest BCUT2D eigenvalue weighted by atomic mass is 16.4. The van der Waals surface area contributed by atoms with Crippen LogP contribution in [0.3, 0.4) is 0 Å². The summed E-state index contributed by atoms with van der Waals surface area (Å²) in [6, 6.07) is 0. The van der Waals surface area contributed by atoms with E-state index in [1.165, 1.54) is 25.7 Å². The fraction of sp³-hybridized carbons (Fsp3) is 0.929. The lowest BCUT2D eigenvalue weighted by molar-refractivity contribution is -0.152. The number of hydrogen-bond donors (Lipinski definition) is 1. The predicted octanol–water partition coefficient (Wildman–Crippen LogP) is 3.29. The van der Waals surface area contributed by atoms with Crippen molar-refractivity contribution in [2.45, 2.75) is 70.8 Å². The number of hydrogen-bond acceptors (Lipinski definition) is 2. The van der Waals surface area contributed by atoms with Gasteiger partial charge in [0.05, 0.1) is 0 Å². The lowest BCUT2D eigenvalue weighted by Gasteiger charge is -2.41. The van der Waals surface area contributed by atoms with Gasteiger partial charge in [-0.15, -0.1) is 0 Å². The molecule has 0 saturated carbocycles. The fourth-order valence-electron chi connectivity index (χ4n) is 2.68. The average Bonchev–Trinajstić information content (AvgIpc) is 2.31. The van der Waals surface area contributed by atoms with Crippen LogP contribution in [0.4, 0.5) is 0 Å². The van der Waals surface area contributed by atoms with E-state index in [4.69, 9.17) is 0 Å². The number of carboxylic acids is 1. The molecule has 1 aliphatic rings. The maximum absolute atomic E-state index is 11.4. The molecule has 1 heterocycles. The minimum Gasteiger partial charge on any atom is -0.480 e. The van der Waals surface area contributed by atoms with Crippen LogP contribution in [0.1, 0.15) is 65.2 Å². The van der Waals surface area contributed by atoms with Crippen molar-refractivity contribution in [2.75, 3.05) is 13.1 Å². The monoisotopic (exact) mass is 241 g/mol. The van der Waals surface area contributed by atoms with Crippen molar-refractivity contribution in [2.24, 2.45) is 0 Å². The molecule has 0 aliphatic carbocycles. The maximum Gasteiger partial charge on any atom is 0.323 e. The lowest BCUT2D eigenvalue weighted by Crippen LogP contribution is -2.55. The highest BCUT2D eigenvalue weighted by Gasteiger charge is 2.40. The Morgan fingerprint density at radius 2 is 1.94 bits per heavy atom. The Hall–Kier alpha value is -0.570. The third-order valence-corrected chi connectivity index (χ3v) is 4.03. The molecule has 1 atom stereocenters. The van der Waals surface area contributed by atoms with E-state index < -0.39 is 11.5 Å². The smallest absolute Gasteiger partial charge is 0.323 e. The summed E-state index contributed by atoms with van der Waals surface area (Å²) in [7, 11) is 0. The van der Waals surface area contributed by atoms with Gasteiger partial charge in [-0.1, -0.05) is 32.6 Å². The number of carbonyl (C=O) groups is 1. The Morgan fingerprint density at radius 1 is 1.24 bits per heavy atom. The molecule has 1 fully saturated rings. The molecule has 3 nitrogen and oxygen atoms in total. The topological polar surface area (TPSA) is 40.5 Å². The zero-order valence-electron chi connectivity index (χ0n) is 11.4. The molecule has 1 rings (SSSR count). The zero-order chi connectivity index (χ0) is 12.7. The fourth-order valence-corrected chi connectivity index (χ4v) is 2.68. The van der Waals surface area contributed by atoms with Crippen molar-refractivity contribution < 1.29 is 9.90 Å². The first-order valence-electron chi connectivity index (χ1n) is 7.09. The van der Waals surface area contributed by atoms with Crippen LogP contribution in [0, 0.1) is 0 Å². The molecule has 1 unspecified atom stereocenters. The average molecular weight is 241 g/mol. The van der Waals surface area contributed by atoms with Crippen molar-refractivity contribution >= 4 is 5.97 Å². The molecule has 17 heavy (non-hydrogen) atoms. The Bertz CT molecular complexity index is 242. The van der Waals surface area contributed by atoms with Gasteiger partial charge >= 0.3 is 5.97 Å². The zero-order valence-corrected chi connectivity index (χ0v) is 11.4. The Kier molecular flexibility index (Phi) is 5.96. The van der Waals surface area contributed by atoms with Crippen LogP contribution in [0.2, 0.25) is 0 Å². The van der Waals surface area contributed by atoms with Gasteiger partial charge in [-0.25, -0.2) is 0 Å². The lowest BCUT2D eigenvalue weighted by atomic mass is 9.88. The summed E-state index contributed by atoms with van der Waals surface area (Å²) in [6.07, 6.45) is 9.23. The van der Waals surface area contributed by atoms with Gasteiger partial charge in [0.15, 0.2) is 0 Å². The number of rotatable bonds is 7. The normalized spacial score (nSPS) is 26.0. The van der Waals surface area contributed by atoms with Crippen LogP contribution in [0.15, 0.2) is 0 Å². The minimum atomic E-state index is -0.647. The van der Waals surface area contributed by atoms with Gasteiger partial charge < -0.3 is 5.11 Å². The van der Waals surface area contributed by atoms with Crippen molar-refractivity contribution in [1.29, 1.82) is 0 Å². The second-order valence-corrected chi connectivity index (χ2v) is 5.44. The van der Waals surface area contributed by atoms with Gasteiger partial charge in [-0.2, -0.15) is 0 Å². The molecule has 0 aromatic rings. The van der Waals surface area contributed by atoms with E-state index in [0.29, 0.717) is 0 Å². The van der Waals surface area contributed by atoms with Gasteiger partial charge in [0.2, 0.25) is 0 Å². The molecule has 1 saturated heterocycles. The van der Waals surface area contributed by atoms with Crippen LogP contribution in [0.25, 0.3) is 0 Å². The second kappa shape index (κ2) is 7.00. The Balaban J connectivity index is 2.36. The van der Waals surface area contributed by atoms with Crippen LogP contribution < -0.4 is 0 Å². The summed E-state index contributed by atoms with van der Waals surface area (Å²) in [5.74, 6) is -0.647.